The Balaban J connectivity index is 1.76. The third kappa shape index (κ3) is 3.23. The van der Waals surface area contributed by atoms with Gasteiger partial charge in [0.25, 0.3) is 5.91 Å². The number of benzene rings is 2. The van der Waals surface area contributed by atoms with E-state index in [0.717, 1.165) is 11.1 Å². The number of nitrogens with one attached hydrogen (secondary N) is 2. The summed E-state index contributed by atoms with van der Waals surface area (Å²) in [6, 6.07) is 19.0. The molecule has 1 aliphatic heterocycles. The number of rotatable bonds is 3. The Labute approximate surface area is 173 Å². The maximum absolute atomic E-state index is 12.6. The van der Waals surface area contributed by atoms with Crippen molar-refractivity contribution in [3.05, 3.63) is 70.9 Å². The molecule has 1 amide bonds. The summed E-state index contributed by atoms with van der Waals surface area (Å²) in [5.74, 6) is -0.822. The van der Waals surface area contributed by atoms with Crippen LogP contribution >= 0.6 is 0 Å². The Bertz CT molecular complexity index is 1290. The molecule has 3 aromatic rings. The number of H-pyrrole nitrogens is 1. The number of amides is 1. The number of carbonyl (C=O) groups is 1. The summed E-state index contributed by atoms with van der Waals surface area (Å²) in [6.45, 7) is 3.59. The molecule has 0 saturated heterocycles. The van der Waals surface area contributed by atoms with Crippen LogP contribution in [0.2, 0.25) is 0 Å². The zero-order valence-corrected chi connectivity index (χ0v) is 16.5. The van der Waals surface area contributed by atoms with Crippen molar-refractivity contribution in [3.63, 3.8) is 0 Å². The minimum Gasteiger partial charge on any atom is -0.305 e. The quantitative estimate of drug-likeness (QED) is 0.688. The van der Waals surface area contributed by atoms with E-state index in [9.17, 15) is 15.3 Å². The van der Waals surface area contributed by atoms with Crippen molar-refractivity contribution < 1.29 is 4.79 Å². The molecule has 0 saturated carbocycles. The van der Waals surface area contributed by atoms with Crippen molar-refractivity contribution in [2.45, 2.75) is 19.8 Å². The van der Waals surface area contributed by atoms with E-state index in [-0.39, 0.29) is 5.91 Å². The van der Waals surface area contributed by atoms with Crippen molar-refractivity contribution in [3.8, 4) is 12.1 Å². The lowest BCUT2D eigenvalue weighted by Gasteiger charge is -2.26. The first-order valence-electron chi connectivity index (χ1n) is 9.43. The maximum Gasteiger partial charge on any atom is 0.256 e. The van der Waals surface area contributed by atoms with Gasteiger partial charge in [-0.1, -0.05) is 24.3 Å². The normalized spacial score (nSPS) is 18.5. The number of anilines is 1. The Morgan fingerprint density at radius 3 is 2.60 bits per heavy atom. The monoisotopic (exact) mass is 394 g/mol. The summed E-state index contributed by atoms with van der Waals surface area (Å²) < 4.78 is 0. The second-order valence-corrected chi connectivity index (χ2v) is 7.15. The largest absolute Gasteiger partial charge is 0.305 e. The van der Waals surface area contributed by atoms with Gasteiger partial charge in [0.1, 0.15) is 0 Å². The summed E-state index contributed by atoms with van der Waals surface area (Å²) >= 11 is 0. The van der Waals surface area contributed by atoms with Crippen molar-refractivity contribution in [1.82, 2.24) is 10.2 Å². The summed E-state index contributed by atoms with van der Waals surface area (Å²) in [6.07, 6.45) is 0. The highest BCUT2D eigenvalue weighted by Crippen LogP contribution is 2.39. The summed E-state index contributed by atoms with van der Waals surface area (Å²) in [5, 5.41) is 30.1. The number of aliphatic imine (C=N–C) groups is 1. The first kappa shape index (κ1) is 19.1. The average Bonchev–Trinajstić information content (AvgIpc) is 3.15. The third-order valence-corrected chi connectivity index (χ3v) is 5.30. The zero-order valence-electron chi connectivity index (χ0n) is 16.5. The second kappa shape index (κ2) is 7.65. The molecule has 1 aromatic heterocycles. The first-order valence-corrected chi connectivity index (χ1v) is 9.43. The highest BCUT2D eigenvalue weighted by molar-refractivity contribution is 6.08. The molecular formula is C23H18N6O. The van der Waals surface area contributed by atoms with E-state index < -0.39 is 11.8 Å². The maximum atomic E-state index is 12.6. The Kier molecular flexibility index (Phi) is 4.87. The van der Waals surface area contributed by atoms with Crippen LogP contribution in [0.1, 0.15) is 35.7 Å². The Morgan fingerprint density at radius 2 is 1.90 bits per heavy atom. The number of carbonyl (C=O) groups excluding carboxylic acids is 1. The molecular weight excluding hydrogens is 376 g/mol. The van der Waals surface area contributed by atoms with Crippen LogP contribution in [0.5, 0.6) is 0 Å². The topological polar surface area (TPSA) is 118 Å². The van der Waals surface area contributed by atoms with Crippen molar-refractivity contribution in [1.29, 1.82) is 10.5 Å². The number of allylic oxidation sites excluding steroid dienone is 2. The van der Waals surface area contributed by atoms with Gasteiger partial charge in [-0.05, 0) is 43.7 Å². The van der Waals surface area contributed by atoms with Crippen LogP contribution in [0, 0.1) is 28.6 Å². The molecule has 7 nitrogen and oxygen atoms in total. The highest BCUT2D eigenvalue weighted by atomic mass is 16.1. The number of aromatic nitrogens is 2. The van der Waals surface area contributed by atoms with Gasteiger partial charge >= 0.3 is 0 Å². The molecule has 30 heavy (non-hydrogen) atoms. The number of aromatic amines is 1. The minimum atomic E-state index is -0.532. The number of hydrogen-bond acceptors (Lipinski definition) is 5. The fourth-order valence-corrected chi connectivity index (χ4v) is 3.79. The lowest BCUT2D eigenvalue weighted by molar-refractivity contribution is 0.102. The summed E-state index contributed by atoms with van der Waals surface area (Å²) in [5.41, 5.74) is 3.86. The smallest absolute Gasteiger partial charge is 0.256 e. The molecule has 0 aliphatic carbocycles. The van der Waals surface area contributed by atoms with E-state index in [0.29, 0.717) is 33.7 Å². The fraction of sp³-hybridized carbons (Fsp3) is 0.174. The molecule has 2 atom stereocenters. The molecule has 4 rings (SSSR count). The van der Waals surface area contributed by atoms with E-state index in [1.54, 1.807) is 38.1 Å². The van der Waals surface area contributed by atoms with E-state index in [1.807, 2.05) is 24.3 Å². The van der Waals surface area contributed by atoms with Crippen LogP contribution in [0.3, 0.4) is 0 Å². The standard InChI is InChI=1S/C23H18N6O/c1-13-18(11-24)21(19(12-25)14(2)26-13)16-8-9-20-17(10-16)22(29-28-20)27-23(30)15-6-4-3-5-7-15/h3-10,18,21H,1-2H3,(H2,27,28,29,30). The summed E-state index contributed by atoms with van der Waals surface area (Å²) in [7, 11) is 0. The molecule has 7 heteroatoms. The number of fused-ring (bicyclic) bond motifs is 1. The lowest BCUT2D eigenvalue weighted by atomic mass is 9.76. The third-order valence-electron chi connectivity index (χ3n) is 5.30. The van der Waals surface area contributed by atoms with Crippen LogP contribution in [0.25, 0.3) is 10.9 Å². The van der Waals surface area contributed by atoms with E-state index in [1.165, 1.54) is 0 Å². The van der Waals surface area contributed by atoms with Crippen LogP contribution < -0.4 is 5.32 Å². The molecule has 0 fully saturated rings. The zero-order chi connectivity index (χ0) is 21.3. The lowest BCUT2D eigenvalue weighted by Crippen LogP contribution is -2.24. The van der Waals surface area contributed by atoms with Gasteiger partial charge in [0.2, 0.25) is 0 Å². The summed E-state index contributed by atoms with van der Waals surface area (Å²) in [4.78, 5) is 16.9. The molecule has 0 bridgehead atoms. The number of nitrogens with zero attached hydrogens (tertiary/aromatic N) is 4. The van der Waals surface area contributed by atoms with E-state index in [4.69, 9.17) is 0 Å². The van der Waals surface area contributed by atoms with Gasteiger partial charge in [0.15, 0.2) is 5.82 Å². The van der Waals surface area contributed by atoms with Crippen LogP contribution in [-0.4, -0.2) is 21.8 Å². The second-order valence-electron chi connectivity index (χ2n) is 7.15. The van der Waals surface area contributed by atoms with Gasteiger partial charge in [-0.15, -0.1) is 0 Å². The molecule has 2 aromatic carbocycles. The average molecular weight is 394 g/mol. The van der Waals surface area contributed by atoms with Crippen LogP contribution in [0.4, 0.5) is 5.82 Å². The number of nitriles is 2. The molecule has 2 heterocycles. The van der Waals surface area contributed by atoms with Crippen molar-refractivity contribution in [2.24, 2.45) is 10.9 Å². The van der Waals surface area contributed by atoms with Gasteiger partial charge < -0.3 is 5.32 Å². The molecule has 2 unspecified atom stereocenters. The van der Waals surface area contributed by atoms with Gasteiger partial charge in [0.05, 0.1) is 34.8 Å². The van der Waals surface area contributed by atoms with Crippen LogP contribution in [-0.2, 0) is 0 Å². The van der Waals surface area contributed by atoms with Gasteiger partial charge in [0, 0.05) is 22.6 Å². The SMILES string of the molecule is CC1=NC(C)=C(C#N)C(c2ccc3[nH]nc(NC(=O)c4ccccc4)c3c2)C1C#N. The Hall–Kier alpha value is -4.23. The van der Waals surface area contributed by atoms with E-state index in [2.05, 4.69) is 32.6 Å². The molecule has 0 spiro atoms. The minimum absolute atomic E-state index is 0.265. The van der Waals surface area contributed by atoms with Gasteiger partial charge in [-0.25, -0.2) is 0 Å². The van der Waals surface area contributed by atoms with Crippen LogP contribution in [0.15, 0.2) is 64.8 Å². The van der Waals surface area contributed by atoms with E-state index >= 15 is 0 Å². The molecule has 1 aliphatic rings. The molecule has 2 N–H and O–H groups in total. The predicted molar refractivity (Wildman–Crippen MR) is 114 cm³/mol. The Morgan fingerprint density at radius 1 is 1.13 bits per heavy atom. The van der Waals surface area contributed by atoms with Gasteiger partial charge in [-0.2, -0.15) is 15.6 Å². The fourth-order valence-electron chi connectivity index (χ4n) is 3.79. The van der Waals surface area contributed by atoms with Gasteiger partial charge in [-0.3, -0.25) is 14.9 Å². The highest BCUT2D eigenvalue weighted by Gasteiger charge is 2.34. The number of hydrogen-bond donors (Lipinski definition) is 2. The molecule has 0 radical (unpaired) electrons. The van der Waals surface area contributed by atoms with Crippen molar-refractivity contribution in [2.75, 3.05) is 5.32 Å². The van der Waals surface area contributed by atoms with Crippen molar-refractivity contribution >= 4 is 28.3 Å². The molecule has 146 valence electrons. The predicted octanol–water partition coefficient (Wildman–Crippen LogP) is 4.31. The first-order chi connectivity index (χ1) is 14.5.